The second-order valence-electron chi connectivity index (χ2n) is 9.08. The first-order valence-electron chi connectivity index (χ1n) is 9.26. The molecule has 12 nitrogen and oxygen atoms in total. The van der Waals surface area contributed by atoms with Crippen molar-refractivity contribution in [3.63, 3.8) is 0 Å². The van der Waals surface area contributed by atoms with Crippen molar-refractivity contribution in [1.29, 1.82) is 0 Å². The number of H-pyrrole nitrogens is 1. The minimum Gasteiger partial charge on any atom is -0.455 e. The smallest absolute Gasteiger partial charge is 0.432 e. The minimum absolute atomic E-state index is 0.0200. The molecule has 0 bridgehead atoms. The molecule has 0 aromatic carbocycles. The van der Waals surface area contributed by atoms with Gasteiger partial charge in [-0.2, -0.15) is 0 Å². The summed E-state index contributed by atoms with van der Waals surface area (Å²) in [5, 5.41) is 30.5. The van der Waals surface area contributed by atoms with Crippen molar-refractivity contribution in [3.8, 4) is 0 Å². The zero-order chi connectivity index (χ0) is 23.0. The lowest BCUT2D eigenvalue weighted by molar-refractivity contribution is -0.393. The van der Waals surface area contributed by atoms with Crippen LogP contribution in [0.5, 0.6) is 0 Å². The number of nitro groups is 1. The van der Waals surface area contributed by atoms with Gasteiger partial charge in [-0.3, -0.25) is 9.59 Å². The molecule has 0 spiro atoms. The molecule has 1 aromatic rings. The van der Waals surface area contributed by atoms with Crippen LogP contribution in [-0.4, -0.2) is 61.6 Å². The topological polar surface area (TPSA) is 174 Å². The Morgan fingerprint density at radius 3 is 2.03 bits per heavy atom. The largest absolute Gasteiger partial charge is 0.455 e. The van der Waals surface area contributed by atoms with Crippen LogP contribution in [0.2, 0.25) is 0 Å². The lowest BCUT2D eigenvalue weighted by Gasteiger charge is -2.29. The van der Waals surface area contributed by atoms with Crippen LogP contribution in [0.4, 0.5) is 5.95 Å². The van der Waals surface area contributed by atoms with Crippen molar-refractivity contribution < 1.29 is 38.9 Å². The number of aliphatic hydroxyl groups is 2. The molecule has 0 amide bonds. The second-order valence-corrected chi connectivity index (χ2v) is 9.08. The quantitative estimate of drug-likeness (QED) is 0.265. The Balaban J connectivity index is 2.46. The van der Waals surface area contributed by atoms with E-state index in [1.54, 1.807) is 41.5 Å². The Labute approximate surface area is 172 Å². The number of esters is 2. The molecule has 2 heterocycles. The van der Waals surface area contributed by atoms with Crippen LogP contribution in [-0.2, 0) is 23.8 Å². The van der Waals surface area contributed by atoms with E-state index in [0.29, 0.717) is 0 Å². The summed E-state index contributed by atoms with van der Waals surface area (Å²) >= 11 is 0. The van der Waals surface area contributed by atoms with E-state index in [4.69, 9.17) is 14.2 Å². The van der Waals surface area contributed by atoms with Crippen LogP contribution in [0.15, 0.2) is 6.20 Å². The Bertz CT molecular complexity index is 807. The molecule has 30 heavy (non-hydrogen) atoms. The molecule has 0 saturated carbocycles. The number of rotatable bonds is 5. The number of ether oxygens (including phenoxy) is 3. The second kappa shape index (κ2) is 8.28. The molecule has 1 fully saturated rings. The number of aliphatic hydroxyl groups excluding tert-OH is 1. The fraction of sp³-hybridized carbons (Fsp3) is 0.722. The summed E-state index contributed by atoms with van der Waals surface area (Å²) in [4.78, 5) is 41.3. The van der Waals surface area contributed by atoms with Crippen LogP contribution in [0.25, 0.3) is 0 Å². The van der Waals surface area contributed by atoms with Crippen LogP contribution in [0.1, 0.15) is 53.3 Å². The molecule has 1 saturated heterocycles. The average molecular weight is 429 g/mol. The van der Waals surface area contributed by atoms with E-state index in [9.17, 15) is 29.9 Å². The molecule has 168 valence electrons. The van der Waals surface area contributed by atoms with E-state index in [-0.39, 0.29) is 5.69 Å². The highest BCUT2D eigenvalue weighted by Crippen LogP contribution is 2.40. The molecule has 2 rings (SSSR count). The number of carbonyl (C=O) groups is 2. The number of hydrogen-bond acceptors (Lipinski definition) is 10. The first-order valence-corrected chi connectivity index (χ1v) is 9.26. The van der Waals surface area contributed by atoms with E-state index >= 15 is 0 Å². The van der Waals surface area contributed by atoms with Crippen LogP contribution >= 0.6 is 0 Å². The molecule has 4 atom stereocenters. The third-order valence-electron chi connectivity index (χ3n) is 4.30. The number of aromatic nitrogens is 2. The summed E-state index contributed by atoms with van der Waals surface area (Å²) in [6, 6.07) is 0. The number of carbonyl (C=O) groups excluding carboxylic acids is 2. The van der Waals surface area contributed by atoms with Gasteiger partial charge in [-0.1, -0.05) is 4.98 Å². The molecule has 3 N–H and O–H groups in total. The summed E-state index contributed by atoms with van der Waals surface area (Å²) < 4.78 is 16.6. The molecule has 1 aliphatic rings. The van der Waals surface area contributed by atoms with Gasteiger partial charge < -0.3 is 34.5 Å². The molecule has 12 heteroatoms. The summed E-state index contributed by atoms with van der Waals surface area (Å²) in [6.45, 7) is 9.61. The number of imidazole rings is 1. The van der Waals surface area contributed by atoms with Crippen LogP contribution in [0, 0.1) is 20.9 Å². The zero-order valence-corrected chi connectivity index (χ0v) is 17.6. The number of hydrogen-bond donors (Lipinski definition) is 3. The molecule has 0 unspecified atom stereocenters. The van der Waals surface area contributed by atoms with Crippen molar-refractivity contribution in [3.05, 3.63) is 22.0 Å². The highest BCUT2D eigenvalue weighted by atomic mass is 16.7. The van der Waals surface area contributed by atoms with Gasteiger partial charge in [0.2, 0.25) is 0 Å². The van der Waals surface area contributed by atoms with E-state index in [2.05, 4.69) is 9.97 Å². The summed E-state index contributed by atoms with van der Waals surface area (Å²) in [5.74, 6) is -1.94. The Morgan fingerprint density at radius 1 is 1.13 bits per heavy atom. The molecule has 1 aliphatic heterocycles. The SMILES string of the molecule is CC(C)(C)C(=O)O[C@H]1[C@H](OC(=O)C(C)(C)C)[C@H](c2c[nH]c([N+](=O)[O-])n2)O[C@@H]1C(O)O. The number of aromatic amines is 1. The monoisotopic (exact) mass is 429 g/mol. The van der Waals surface area contributed by atoms with Gasteiger partial charge >= 0.3 is 17.9 Å². The van der Waals surface area contributed by atoms with E-state index in [0.717, 1.165) is 0 Å². The lowest BCUT2D eigenvalue weighted by Crippen LogP contribution is -2.46. The summed E-state index contributed by atoms with van der Waals surface area (Å²) in [7, 11) is 0. The maximum absolute atomic E-state index is 12.5. The van der Waals surface area contributed by atoms with Crippen molar-refractivity contribution >= 4 is 17.9 Å². The molecule has 1 aromatic heterocycles. The molecule has 0 aliphatic carbocycles. The predicted octanol–water partition coefficient (Wildman–Crippen LogP) is 0.984. The number of nitrogens with one attached hydrogen (secondary N) is 1. The fourth-order valence-corrected chi connectivity index (χ4v) is 2.59. The first-order chi connectivity index (χ1) is 13.6. The average Bonchev–Trinajstić information content (AvgIpc) is 3.19. The molecule has 0 radical (unpaired) electrons. The van der Waals surface area contributed by atoms with Gasteiger partial charge in [-0.05, 0) is 46.5 Å². The van der Waals surface area contributed by atoms with E-state index in [1.165, 1.54) is 6.20 Å². The Kier molecular flexibility index (Phi) is 6.54. The minimum atomic E-state index is -2.09. The van der Waals surface area contributed by atoms with Crippen molar-refractivity contribution in [2.24, 2.45) is 10.8 Å². The highest BCUT2D eigenvalue weighted by molar-refractivity contribution is 5.76. The van der Waals surface area contributed by atoms with Gasteiger partial charge in [0.1, 0.15) is 12.3 Å². The standard InChI is InChI=1S/C18H27N3O9/c1-17(2,3)14(24)29-10-9(8-7-19-16(20-8)21(26)27)28-12(13(22)23)11(10)30-15(25)18(4,5)6/h7,9-13,22-23H,1-6H3,(H,19,20)/t9-,10+,11-,12-/m0/s1. The predicted molar refractivity (Wildman–Crippen MR) is 99.8 cm³/mol. The fourth-order valence-electron chi connectivity index (χ4n) is 2.59. The summed E-state index contributed by atoms with van der Waals surface area (Å²) in [6.07, 6.45) is -6.34. The zero-order valence-electron chi connectivity index (χ0n) is 17.6. The van der Waals surface area contributed by atoms with Crippen molar-refractivity contribution in [1.82, 2.24) is 9.97 Å². The van der Waals surface area contributed by atoms with Crippen LogP contribution in [0.3, 0.4) is 0 Å². The molecular formula is C18H27N3O9. The third kappa shape index (κ3) is 5.12. The van der Waals surface area contributed by atoms with Gasteiger partial charge in [0.25, 0.3) is 0 Å². The van der Waals surface area contributed by atoms with E-state index in [1.807, 2.05) is 0 Å². The normalized spacial score (nSPS) is 24.7. The Hall–Kier alpha value is -2.57. The van der Waals surface area contributed by atoms with Crippen LogP contribution < -0.4 is 0 Å². The van der Waals surface area contributed by atoms with Gasteiger partial charge in [-0.25, -0.2) is 4.98 Å². The summed E-state index contributed by atoms with van der Waals surface area (Å²) in [5.41, 5.74) is -1.89. The van der Waals surface area contributed by atoms with Gasteiger partial charge in [0.15, 0.2) is 30.3 Å². The first kappa shape index (κ1) is 23.7. The maximum atomic E-state index is 12.5. The van der Waals surface area contributed by atoms with Gasteiger partial charge in [0, 0.05) is 0 Å². The van der Waals surface area contributed by atoms with Crippen molar-refractivity contribution in [2.75, 3.05) is 0 Å². The van der Waals surface area contributed by atoms with Gasteiger partial charge in [-0.15, -0.1) is 0 Å². The molecular weight excluding hydrogens is 402 g/mol. The third-order valence-corrected chi connectivity index (χ3v) is 4.30. The Morgan fingerprint density at radius 2 is 1.63 bits per heavy atom. The number of nitrogens with zero attached hydrogens (tertiary/aromatic N) is 2. The maximum Gasteiger partial charge on any atom is 0.432 e. The van der Waals surface area contributed by atoms with Crippen molar-refractivity contribution in [2.45, 2.75) is 72.2 Å². The highest BCUT2D eigenvalue weighted by Gasteiger charge is 2.55. The van der Waals surface area contributed by atoms with E-state index < -0.39 is 64.3 Å². The lowest BCUT2D eigenvalue weighted by atomic mass is 9.96. The van der Waals surface area contributed by atoms with Gasteiger partial charge in [0.05, 0.1) is 10.8 Å².